The van der Waals surface area contributed by atoms with Crippen molar-refractivity contribution < 1.29 is 18.3 Å². The number of hydrogen-bond acceptors (Lipinski definition) is 4. The summed E-state index contributed by atoms with van der Waals surface area (Å²) >= 11 is 0. The van der Waals surface area contributed by atoms with Crippen molar-refractivity contribution in [1.29, 1.82) is 0 Å². The molecule has 0 aliphatic carbocycles. The van der Waals surface area contributed by atoms with Crippen LogP contribution in [0.2, 0.25) is 0 Å². The summed E-state index contributed by atoms with van der Waals surface area (Å²) in [7, 11) is -3.38. The largest absolute Gasteiger partial charge is 0.481 e. The Labute approximate surface area is 106 Å². The molecule has 0 amide bonds. The summed E-state index contributed by atoms with van der Waals surface area (Å²) in [6, 6.07) is 3.64. The fraction of sp³-hybridized carbons (Fsp3) is 0.455. The van der Waals surface area contributed by atoms with Crippen LogP contribution in [0.4, 0.5) is 0 Å². The van der Waals surface area contributed by atoms with E-state index in [1.165, 1.54) is 0 Å². The zero-order chi connectivity index (χ0) is 13.4. The third-order valence-electron chi connectivity index (χ3n) is 2.29. The monoisotopic (exact) mass is 272 g/mol. The summed E-state index contributed by atoms with van der Waals surface area (Å²) in [5.74, 6) is -1.14. The Morgan fingerprint density at radius 2 is 2.00 bits per heavy atom. The molecule has 0 unspecified atom stereocenters. The highest BCUT2D eigenvalue weighted by Crippen LogP contribution is 1.98. The van der Waals surface area contributed by atoms with E-state index in [-0.39, 0.29) is 18.6 Å². The Bertz CT molecular complexity index is 473. The second-order valence-corrected chi connectivity index (χ2v) is 5.74. The molecule has 0 atom stereocenters. The predicted molar refractivity (Wildman–Crippen MR) is 66.6 cm³/mol. The van der Waals surface area contributed by atoms with Gasteiger partial charge in [0.1, 0.15) is 0 Å². The highest BCUT2D eigenvalue weighted by molar-refractivity contribution is 7.89. The molecule has 2 N–H and O–H groups in total. The van der Waals surface area contributed by atoms with Crippen LogP contribution in [-0.4, -0.2) is 36.8 Å². The van der Waals surface area contributed by atoms with Gasteiger partial charge in [0.2, 0.25) is 10.0 Å². The summed E-state index contributed by atoms with van der Waals surface area (Å²) in [6.07, 6.45) is 3.87. The summed E-state index contributed by atoms with van der Waals surface area (Å²) in [6.45, 7) is 0.305. The van der Waals surface area contributed by atoms with Crippen LogP contribution in [0.15, 0.2) is 24.5 Å². The fourth-order valence-electron chi connectivity index (χ4n) is 1.39. The molecular formula is C11H16N2O4S. The molecule has 1 aromatic heterocycles. The van der Waals surface area contributed by atoms with E-state index in [0.29, 0.717) is 13.0 Å². The van der Waals surface area contributed by atoms with E-state index in [0.717, 1.165) is 5.56 Å². The summed E-state index contributed by atoms with van der Waals surface area (Å²) in [4.78, 5) is 14.1. The number of nitrogens with zero attached hydrogens (tertiary/aromatic N) is 1. The van der Waals surface area contributed by atoms with Gasteiger partial charge in [0.05, 0.1) is 5.75 Å². The summed E-state index contributed by atoms with van der Waals surface area (Å²) in [5.41, 5.74) is 0.998. The van der Waals surface area contributed by atoms with Gasteiger partial charge in [-0.3, -0.25) is 9.78 Å². The molecule has 0 aromatic carbocycles. The molecule has 0 saturated heterocycles. The van der Waals surface area contributed by atoms with Crippen LogP contribution < -0.4 is 4.72 Å². The van der Waals surface area contributed by atoms with Gasteiger partial charge in [-0.1, -0.05) is 0 Å². The number of rotatable bonds is 8. The molecule has 1 rings (SSSR count). The zero-order valence-corrected chi connectivity index (χ0v) is 10.7. The molecule has 0 radical (unpaired) electrons. The molecule has 0 aliphatic heterocycles. The van der Waals surface area contributed by atoms with Crippen molar-refractivity contribution in [3.05, 3.63) is 30.1 Å². The Morgan fingerprint density at radius 1 is 1.33 bits per heavy atom. The molecule has 1 aromatic rings. The number of hydrogen-bond donors (Lipinski definition) is 2. The van der Waals surface area contributed by atoms with Crippen LogP contribution in [0, 0.1) is 0 Å². The van der Waals surface area contributed by atoms with Gasteiger partial charge in [0.15, 0.2) is 0 Å². The van der Waals surface area contributed by atoms with E-state index < -0.39 is 16.0 Å². The lowest BCUT2D eigenvalue weighted by molar-refractivity contribution is -0.137. The van der Waals surface area contributed by atoms with E-state index in [1.54, 1.807) is 12.4 Å². The van der Waals surface area contributed by atoms with Gasteiger partial charge in [0, 0.05) is 25.4 Å². The van der Waals surface area contributed by atoms with E-state index in [4.69, 9.17) is 5.11 Å². The quantitative estimate of drug-likeness (QED) is 0.714. The lowest BCUT2D eigenvalue weighted by atomic mass is 10.2. The third-order valence-corrected chi connectivity index (χ3v) is 3.76. The molecule has 0 fully saturated rings. The highest BCUT2D eigenvalue weighted by atomic mass is 32.2. The van der Waals surface area contributed by atoms with Gasteiger partial charge in [-0.2, -0.15) is 0 Å². The van der Waals surface area contributed by atoms with Gasteiger partial charge in [-0.25, -0.2) is 13.1 Å². The van der Waals surface area contributed by atoms with E-state index in [1.807, 2.05) is 12.1 Å². The number of sulfonamides is 1. The van der Waals surface area contributed by atoms with Crippen LogP contribution in [0.3, 0.4) is 0 Å². The maximum absolute atomic E-state index is 11.5. The maximum atomic E-state index is 11.5. The van der Waals surface area contributed by atoms with Gasteiger partial charge in [0.25, 0.3) is 0 Å². The van der Waals surface area contributed by atoms with Gasteiger partial charge in [-0.05, 0) is 30.5 Å². The number of aliphatic carboxylic acids is 1. The lowest BCUT2D eigenvalue weighted by Gasteiger charge is -2.05. The normalized spacial score (nSPS) is 11.3. The van der Waals surface area contributed by atoms with E-state index in [9.17, 15) is 13.2 Å². The first-order chi connectivity index (χ1) is 8.49. The first-order valence-corrected chi connectivity index (χ1v) is 7.23. The minimum atomic E-state index is -3.38. The fourth-order valence-corrected chi connectivity index (χ4v) is 2.47. The van der Waals surface area contributed by atoms with Crippen molar-refractivity contribution in [3.8, 4) is 0 Å². The molecule has 7 heteroatoms. The Kier molecular flexibility index (Phi) is 5.73. The van der Waals surface area contributed by atoms with E-state index in [2.05, 4.69) is 9.71 Å². The summed E-state index contributed by atoms with van der Waals surface area (Å²) in [5, 5.41) is 8.41. The smallest absolute Gasteiger partial charge is 0.303 e. The number of carboxylic acids is 1. The van der Waals surface area contributed by atoms with Gasteiger partial charge < -0.3 is 5.11 Å². The molecule has 18 heavy (non-hydrogen) atoms. The molecular weight excluding hydrogens is 256 g/mol. The Morgan fingerprint density at radius 3 is 2.61 bits per heavy atom. The lowest BCUT2D eigenvalue weighted by Crippen LogP contribution is -2.28. The maximum Gasteiger partial charge on any atom is 0.303 e. The number of carbonyl (C=O) groups is 1. The van der Waals surface area contributed by atoms with Crippen molar-refractivity contribution in [2.24, 2.45) is 0 Å². The average molecular weight is 272 g/mol. The van der Waals surface area contributed by atoms with Crippen LogP contribution in [0.5, 0.6) is 0 Å². The van der Waals surface area contributed by atoms with Crippen LogP contribution in [-0.2, 0) is 21.2 Å². The highest BCUT2D eigenvalue weighted by Gasteiger charge is 2.10. The van der Waals surface area contributed by atoms with Crippen LogP contribution >= 0.6 is 0 Å². The van der Waals surface area contributed by atoms with Crippen molar-refractivity contribution in [1.82, 2.24) is 9.71 Å². The molecule has 0 bridgehead atoms. The average Bonchev–Trinajstić information content (AvgIpc) is 2.29. The zero-order valence-electron chi connectivity index (χ0n) is 9.87. The number of aromatic nitrogens is 1. The Hall–Kier alpha value is -1.47. The standard InChI is InChI=1S/C11H16N2O4S/c14-11(15)2-1-9-18(16,17)13-8-5-10-3-6-12-7-4-10/h3-4,6-7,13H,1-2,5,8-9H2,(H,14,15). The number of nitrogens with one attached hydrogen (secondary N) is 1. The molecule has 6 nitrogen and oxygen atoms in total. The summed E-state index contributed by atoms with van der Waals surface area (Å²) < 4.78 is 25.4. The Balaban J connectivity index is 2.27. The minimum Gasteiger partial charge on any atom is -0.481 e. The SMILES string of the molecule is O=C(O)CCCS(=O)(=O)NCCc1ccncc1. The number of pyridine rings is 1. The van der Waals surface area contributed by atoms with E-state index >= 15 is 0 Å². The molecule has 100 valence electrons. The molecule has 0 saturated carbocycles. The minimum absolute atomic E-state index is 0.125. The topological polar surface area (TPSA) is 96.4 Å². The first-order valence-electron chi connectivity index (χ1n) is 5.57. The van der Waals surface area contributed by atoms with Crippen molar-refractivity contribution in [2.75, 3.05) is 12.3 Å². The number of carboxylic acid groups (broad SMARTS) is 1. The van der Waals surface area contributed by atoms with Crippen LogP contribution in [0.25, 0.3) is 0 Å². The van der Waals surface area contributed by atoms with Gasteiger partial charge >= 0.3 is 5.97 Å². The third kappa shape index (κ3) is 6.31. The molecule has 0 aliphatic rings. The van der Waals surface area contributed by atoms with Gasteiger partial charge in [-0.15, -0.1) is 0 Å². The van der Waals surface area contributed by atoms with Crippen molar-refractivity contribution in [3.63, 3.8) is 0 Å². The molecule has 1 heterocycles. The molecule has 0 spiro atoms. The second kappa shape index (κ2) is 7.07. The van der Waals surface area contributed by atoms with Crippen LogP contribution in [0.1, 0.15) is 18.4 Å². The van der Waals surface area contributed by atoms with Crippen molar-refractivity contribution >= 4 is 16.0 Å². The second-order valence-electron chi connectivity index (χ2n) is 3.82. The first kappa shape index (κ1) is 14.6. The van der Waals surface area contributed by atoms with Crippen molar-refractivity contribution in [2.45, 2.75) is 19.3 Å². The predicted octanol–water partition coefficient (Wildman–Crippen LogP) is 0.408.